The molecule has 0 aliphatic heterocycles. The van der Waals surface area contributed by atoms with Crippen LogP contribution in [-0.2, 0) is 16.0 Å². The minimum Gasteiger partial charge on any atom is -0.504 e. The average molecular weight is 450 g/mol. The Labute approximate surface area is 184 Å². The molecule has 9 heteroatoms. The Bertz CT molecular complexity index is 977. The molecular weight excluding hydrogens is 429 g/mol. The van der Waals surface area contributed by atoms with Crippen LogP contribution in [0.2, 0.25) is 10.0 Å². The highest BCUT2D eigenvalue weighted by molar-refractivity contribution is 6.42. The second-order valence-electron chi connectivity index (χ2n) is 6.10. The third-order valence-electron chi connectivity index (χ3n) is 3.77. The summed E-state index contributed by atoms with van der Waals surface area (Å²) in [6.45, 7) is 5.84. The molecule has 0 spiro atoms. The molecule has 7 nitrogen and oxygen atoms in total. The summed E-state index contributed by atoms with van der Waals surface area (Å²) in [7, 11) is 0. The van der Waals surface area contributed by atoms with Crippen LogP contribution < -0.4 is 15.5 Å². The number of benzene rings is 2. The van der Waals surface area contributed by atoms with E-state index in [1.807, 2.05) is 0 Å². The smallest absolute Gasteiger partial charge is 0.249 e. The molecule has 158 valence electrons. The van der Waals surface area contributed by atoms with E-state index in [4.69, 9.17) is 27.9 Å². The summed E-state index contributed by atoms with van der Waals surface area (Å²) >= 11 is 11.7. The largest absolute Gasteiger partial charge is 0.504 e. The number of phenols is 1. The predicted octanol–water partition coefficient (Wildman–Crippen LogP) is 4.31. The number of hydrazone groups is 1. The van der Waals surface area contributed by atoms with Crippen molar-refractivity contribution in [1.82, 2.24) is 5.43 Å². The lowest BCUT2D eigenvalue weighted by atomic mass is 10.1. The van der Waals surface area contributed by atoms with E-state index in [1.165, 1.54) is 12.3 Å². The molecular formula is C21H21Cl2N3O4. The fraction of sp³-hybridized carbons (Fsp3) is 0.190. The second kappa shape index (κ2) is 11.2. The van der Waals surface area contributed by atoms with Crippen LogP contribution in [0, 0.1) is 0 Å². The number of nitrogens with one attached hydrogen (secondary N) is 2. The maximum absolute atomic E-state index is 12.0. The van der Waals surface area contributed by atoms with E-state index in [9.17, 15) is 14.7 Å². The first kappa shape index (κ1) is 23.3. The lowest BCUT2D eigenvalue weighted by Gasteiger charge is -2.10. The number of carbonyl (C=O) groups excluding carboxylic acids is 2. The van der Waals surface area contributed by atoms with Crippen molar-refractivity contribution in [2.75, 3.05) is 11.9 Å². The number of phenolic OH excluding ortho intramolecular Hbond substituents is 1. The molecule has 0 radical (unpaired) electrons. The summed E-state index contributed by atoms with van der Waals surface area (Å²) in [4.78, 5) is 23.9. The number of ether oxygens (including phenoxy) is 1. The summed E-state index contributed by atoms with van der Waals surface area (Å²) < 4.78 is 5.41. The van der Waals surface area contributed by atoms with Crippen LogP contribution in [0.15, 0.2) is 48.1 Å². The van der Waals surface area contributed by atoms with Crippen molar-refractivity contribution in [3.8, 4) is 11.5 Å². The normalized spacial score (nSPS) is 10.6. The van der Waals surface area contributed by atoms with E-state index in [2.05, 4.69) is 22.4 Å². The SMILES string of the molecule is C=CCc1cc(/C=N/NC(=O)CC(=O)Nc2ccc(Cl)c(Cl)c2)cc(OCC)c1O. The minimum absolute atomic E-state index is 0.0388. The first-order chi connectivity index (χ1) is 14.3. The van der Waals surface area contributed by atoms with Gasteiger partial charge in [0.1, 0.15) is 6.42 Å². The minimum atomic E-state index is -0.598. The number of amides is 2. The fourth-order valence-electron chi connectivity index (χ4n) is 2.48. The van der Waals surface area contributed by atoms with Gasteiger partial charge in [-0.2, -0.15) is 5.10 Å². The Morgan fingerprint density at radius 3 is 2.63 bits per heavy atom. The number of hydrogen-bond donors (Lipinski definition) is 3. The lowest BCUT2D eigenvalue weighted by molar-refractivity contribution is -0.126. The monoisotopic (exact) mass is 449 g/mol. The molecule has 2 aromatic rings. The van der Waals surface area contributed by atoms with Gasteiger partial charge < -0.3 is 15.2 Å². The van der Waals surface area contributed by atoms with Crippen molar-refractivity contribution in [3.05, 3.63) is 64.2 Å². The van der Waals surface area contributed by atoms with E-state index in [0.717, 1.165) is 0 Å². The second-order valence-corrected chi connectivity index (χ2v) is 6.91. The molecule has 0 fully saturated rings. The van der Waals surface area contributed by atoms with Crippen LogP contribution in [-0.4, -0.2) is 29.7 Å². The quantitative estimate of drug-likeness (QED) is 0.230. The number of aromatic hydroxyl groups is 1. The van der Waals surface area contributed by atoms with Crippen molar-refractivity contribution in [2.45, 2.75) is 19.8 Å². The lowest BCUT2D eigenvalue weighted by Crippen LogP contribution is -2.24. The van der Waals surface area contributed by atoms with E-state index in [1.54, 1.807) is 37.3 Å². The zero-order valence-corrected chi connectivity index (χ0v) is 17.8. The number of hydrogen-bond acceptors (Lipinski definition) is 5. The number of carbonyl (C=O) groups is 2. The Kier molecular flexibility index (Phi) is 8.70. The van der Waals surface area contributed by atoms with Gasteiger partial charge in [-0.25, -0.2) is 5.43 Å². The molecule has 0 aliphatic rings. The highest BCUT2D eigenvalue weighted by atomic mass is 35.5. The van der Waals surface area contributed by atoms with Gasteiger partial charge in [-0.05, 0) is 49.2 Å². The Morgan fingerprint density at radius 1 is 1.20 bits per heavy atom. The van der Waals surface area contributed by atoms with Crippen LogP contribution in [0.3, 0.4) is 0 Å². The number of nitrogens with zero attached hydrogens (tertiary/aromatic N) is 1. The van der Waals surface area contributed by atoms with Gasteiger partial charge in [-0.1, -0.05) is 29.3 Å². The predicted molar refractivity (Wildman–Crippen MR) is 119 cm³/mol. The third kappa shape index (κ3) is 6.79. The van der Waals surface area contributed by atoms with Crippen LogP contribution >= 0.6 is 23.2 Å². The topological polar surface area (TPSA) is 100 Å². The van der Waals surface area contributed by atoms with Crippen molar-refractivity contribution in [2.24, 2.45) is 5.10 Å². The maximum Gasteiger partial charge on any atom is 0.249 e. The van der Waals surface area contributed by atoms with E-state index < -0.39 is 18.2 Å². The van der Waals surface area contributed by atoms with Crippen LogP contribution in [0.4, 0.5) is 5.69 Å². The number of allylic oxidation sites excluding steroid dienone is 1. The molecule has 2 rings (SSSR count). The molecule has 3 N–H and O–H groups in total. The van der Waals surface area contributed by atoms with Crippen LogP contribution in [0.1, 0.15) is 24.5 Å². The molecule has 0 unspecified atom stereocenters. The highest BCUT2D eigenvalue weighted by Crippen LogP contribution is 2.32. The number of rotatable bonds is 9. The highest BCUT2D eigenvalue weighted by Gasteiger charge is 2.11. The third-order valence-corrected chi connectivity index (χ3v) is 4.51. The van der Waals surface area contributed by atoms with Gasteiger partial charge in [-0.15, -0.1) is 6.58 Å². The summed E-state index contributed by atoms with van der Waals surface area (Å²) in [5, 5.41) is 17.2. The van der Waals surface area contributed by atoms with Crippen LogP contribution in [0.25, 0.3) is 0 Å². The summed E-state index contributed by atoms with van der Waals surface area (Å²) in [5.74, 6) is -0.779. The molecule has 2 amide bonds. The van der Waals surface area contributed by atoms with Gasteiger partial charge in [0.15, 0.2) is 11.5 Å². The molecule has 0 saturated carbocycles. The summed E-state index contributed by atoms with van der Waals surface area (Å²) in [6.07, 6.45) is 3.05. The maximum atomic E-state index is 12.0. The van der Waals surface area contributed by atoms with E-state index >= 15 is 0 Å². The molecule has 0 aliphatic carbocycles. The molecule has 2 aromatic carbocycles. The summed E-state index contributed by atoms with van der Waals surface area (Å²) in [6, 6.07) is 7.89. The molecule has 0 atom stereocenters. The number of anilines is 1. The van der Waals surface area contributed by atoms with Gasteiger partial charge in [0.25, 0.3) is 0 Å². The van der Waals surface area contributed by atoms with Crippen molar-refractivity contribution < 1.29 is 19.4 Å². The molecule has 30 heavy (non-hydrogen) atoms. The first-order valence-corrected chi connectivity index (χ1v) is 9.76. The zero-order chi connectivity index (χ0) is 22.1. The Morgan fingerprint density at radius 2 is 1.97 bits per heavy atom. The van der Waals surface area contributed by atoms with E-state index in [-0.39, 0.29) is 5.75 Å². The van der Waals surface area contributed by atoms with Crippen molar-refractivity contribution in [3.63, 3.8) is 0 Å². The summed E-state index contributed by atoms with van der Waals surface area (Å²) in [5.41, 5.74) is 3.93. The Hall–Kier alpha value is -3.03. The fourth-order valence-corrected chi connectivity index (χ4v) is 2.78. The van der Waals surface area contributed by atoms with Gasteiger partial charge >= 0.3 is 0 Å². The van der Waals surface area contributed by atoms with Gasteiger partial charge in [0.2, 0.25) is 11.8 Å². The average Bonchev–Trinajstić information content (AvgIpc) is 2.68. The molecule has 0 aromatic heterocycles. The molecule has 0 saturated heterocycles. The zero-order valence-electron chi connectivity index (χ0n) is 16.2. The van der Waals surface area contributed by atoms with Gasteiger partial charge in [-0.3, -0.25) is 9.59 Å². The number of halogens is 2. The van der Waals surface area contributed by atoms with E-state index in [0.29, 0.717) is 45.6 Å². The molecule has 0 heterocycles. The van der Waals surface area contributed by atoms with Crippen molar-refractivity contribution in [1.29, 1.82) is 0 Å². The molecule has 0 bridgehead atoms. The van der Waals surface area contributed by atoms with Gasteiger partial charge in [0.05, 0.1) is 22.9 Å². The van der Waals surface area contributed by atoms with Crippen molar-refractivity contribution >= 4 is 46.9 Å². The van der Waals surface area contributed by atoms with Crippen LogP contribution in [0.5, 0.6) is 11.5 Å². The van der Waals surface area contributed by atoms with Gasteiger partial charge in [0, 0.05) is 11.3 Å². The Balaban J connectivity index is 1.97. The standard InChI is InChI=1S/C21H21Cl2N3O4/c1-3-5-14-8-13(9-18(21(14)29)30-4-2)12-24-26-20(28)11-19(27)25-15-6-7-16(22)17(23)10-15/h3,6-10,12,29H,1,4-5,11H2,2H3,(H,25,27)(H,26,28)/b24-12+. The first-order valence-electron chi connectivity index (χ1n) is 9.00.